The van der Waals surface area contributed by atoms with Crippen LogP contribution in [0, 0.1) is 12.7 Å². The molecule has 1 aliphatic rings. The zero-order valence-electron chi connectivity index (χ0n) is 13.1. The van der Waals surface area contributed by atoms with Gasteiger partial charge in [-0.15, -0.1) is 11.3 Å². The maximum Gasteiger partial charge on any atom is 0.355 e. The molecule has 7 heteroatoms. The molecule has 0 bridgehead atoms. The van der Waals surface area contributed by atoms with E-state index < -0.39 is 5.97 Å². The summed E-state index contributed by atoms with van der Waals surface area (Å²) in [6, 6.07) is 10.9. The molecule has 0 saturated heterocycles. The van der Waals surface area contributed by atoms with Gasteiger partial charge in [0.25, 0.3) is 0 Å². The van der Waals surface area contributed by atoms with Crippen molar-refractivity contribution in [2.75, 3.05) is 6.79 Å². The van der Waals surface area contributed by atoms with Gasteiger partial charge in [0.1, 0.15) is 21.5 Å². The largest absolute Gasteiger partial charge is 0.454 e. The average Bonchev–Trinajstić information content (AvgIpc) is 3.21. The fourth-order valence-corrected chi connectivity index (χ4v) is 3.34. The van der Waals surface area contributed by atoms with E-state index in [0.29, 0.717) is 32.8 Å². The number of benzene rings is 2. The number of aryl methyl sites for hydroxylation is 1. The molecule has 5 nitrogen and oxygen atoms in total. The minimum Gasteiger partial charge on any atom is -0.454 e. The molecule has 0 N–H and O–H groups in total. The Morgan fingerprint density at radius 3 is 2.72 bits per heavy atom. The molecular weight excluding hydrogens is 345 g/mol. The molecule has 0 aliphatic carbocycles. The molecule has 0 spiro atoms. The monoisotopic (exact) mass is 357 g/mol. The van der Waals surface area contributed by atoms with Crippen LogP contribution in [0.25, 0.3) is 10.6 Å². The highest BCUT2D eigenvalue weighted by Gasteiger charge is 2.20. The van der Waals surface area contributed by atoms with Crippen LogP contribution in [-0.2, 0) is 0 Å². The highest BCUT2D eigenvalue weighted by molar-refractivity contribution is 7.17. The van der Waals surface area contributed by atoms with Crippen molar-refractivity contribution in [1.29, 1.82) is 0 Å². The van der Waals surface area contributed by atoms with E-state index in [4.69, 9.17) is 14.2 Å². The van der Waals surface area contributed by atoms with Crippen molar-refractivity contribution in [1.82, 2.24) is 4.98 Å². The van der Waals surface area contributed by atoms with Crippen LogP contribution in [0.5, 0.6) is 17.2 Å². The van der Waals surface area contributed by atoms with Crippen LogP contribution in [0.4, 0.5) is 4.39 Å². The van der Waals surface area contributed by atoms with Crippen LogP contribution < -0.4 is 14.2 Å². The molecule has 0 saturated carbocycles. The first kappa shape index (κ1) is 15.6. The number of ether oxygens (including phenoxy) is 3. The highest BCUT2D eigenvalue weighted by Crippen LogP contribution is 2.36. The topological polar surface area (TPSA) is 57.7 Å². The molecule has 1 aromatic heterocycles. The molecular formula is C18H12FNO4S. The van der Waals surface area contributed by atoms with Gasteiger partial charge in [0.15, 0.2) is 11.5 Å². The first-order valence-corrected chi connectivity index (χ1v) is 8.27. The first-order chi connectivity index (χ1) is 12.1. The molecule has 3 aromatic rings. The predicted molar refractivity (Wildman–Crippen MR) is 89.8 cm³/mol. The third kappa shape index (κ3) is 3.06. The quantitative estimate of drug-likeness (QED) is 0.519. The van der Waals surface area contributed by atoms with E-state index in [1.54, 1.807) is 37.3 Å². The first-order valence-electron chi connectivity index (χ1n) is 7.45. The van der Waals surface area contributed by atoms with Gasteiger partial charge >= 0.3 is 5.97 Å². The maximum absolute atomic E-state index is 13.0. The summed E-state index contributed by atoms with van der Waals surface area (Å²) in [5.41, 5.74) is 1.31. The Morgan fingerprint density at radius 1 is 1.16 bits per heavy atom. The van der Waals surface area contributed by atoms with Gasteiger partial charge in [-0.2, -0.15) is 0 Å². The maximum atomic E-state index is 13.0. The number of thiazole rings is 1. The van der Waals surface area contributed by atoms with Crippen molar-refractivity contribution in [3.8, 4) is 27.8 Å². The molecule has 126 valence electrons. The fraction of sp³-hybridized carbons (Fsp3) is 0.111. The summed E-state index contributed by atoms with van der Waals surface area (Å²) >= 11 is 1.21. The van der Waals surface area contributed by atoms with E-state index in [1.165, 1.54) is 23.5 Å². The van der Waals surface area contributed by atoms with Crippen molar-refractivity contribution in [2.24, 2.45) is 0 Å². The molecule has 0 atom stereocenters. The van der Waals surface area contributed by atoms with Gasteiger partial charge in [-0.25, -0.2) is 14.2 Å². The predicted octanol–water partition coefficient (Wildman–Crippen LogP) is 4.21. The van der Waals surface area contributed by atoms with E-state index in [1.807, 2.05) is 0 Å². The van der Waals surface area contributed by atoms with E-state index in [2.05, 4.69) is 4.98 Å². The van der Waals surface area contributed by atoms with Gasteiger partial charge in [-0.05, 0) is 43.3 Å². The Balaban J connectivity index is 1.57. The third-order valence-corrected chi connectivity index (χ3v) is 4.81. The molecule has 0 amide bonds. The summed E-state index contributed by atoms with van der Waals surface area (Å²) < 4.78 is 28.9. The van der Waals surface area contributed by atoms with E-state index in [0.717, 1.165) is 5.56 Å². The van der Waals surface area contributed by atoms with Crippen molar-refractivity contribution in [2.45, 2.75) is 6.92 Å². The van der Waals surface area contributed by atoms with E-state index >= 15 is 0 Å². The summed E-state index contributed by atoms with van der Waals surface area (Å²) in [5, 5.41) is 0.634. The van der Waals surface area contributed by atoms with Gasteiger partial charge in [0, 0.05) is 11.6 Å². The lowest BCUT2D eigenvalue weighted by Crippen LogP contribution is -2.07. The summed E-state index contributed by atoms with van der Waals surface area (Å²) in [6.07, 6.45) is 0. The van der Waals surface area contributed by atoms with Crippen LogP contribution in [-0.4, -0.2) is 17.7 Å². The van der Waals surface area contributed by atoms with Gasteiger partial charge in [0.05, 0.1) is 5.69 Å². The Morgan fingerprint density at radius 2 is 1.92 bits per heavy atom. The van der Waals surface area contributed by atoms with Crippen molar-refractivity contribution in [3.63, 3.8) is 0 Å². The van der Waals surface area contributed by atoms with Crippen LogP contribution >= 0.6 is 11.3 Å². The van der Waals surface area contributed by atoms with Crippen molar-refractivity contribution >= 4 is 17.3 Å². The number of halogens is 1. The zero-order valence-corrected chi connectivity index (χ0v) is 13.9. The van der Waals surface area contributed by atoms with Crippen molar-refractivity contribution in [3.05, 3.63) is 58.9 Å². The molecule has 2 heterocycles. The standard InChI is InChI=1S/C18H12FNO4S/c1-10-16(25-17(20-10)11-2-4-12(19)5-3-11)18(21)24-13-6-7-14-15(8-13)23-9-22-14/h2-8H,9H2,1H3. The molecule has 2 aromatic carbocycles. The van der Waals surface area contributed by atoms with Crippen molar-refractivity contribution < 1.29 is 23.4 Å². The lowest BCUT2D eigenvalue weighted by atomic mass is 10.2. The Kier molecular flexibility index (Phi) is 3.85. The number of esters is 1. The van der Waals surface area contributed by atoms with Crippen LogP contribution in [0.1, 0.15) is 15.4 Å². The van der Waals surface area contributed by atoms with Gasteiger partial charge in [-0.3, -0.25) is 0 Å². The van der Waals surface area contributed by atoms with Gasteiger partial charge in [0.2, 0.25) is 6.79 Å². The number of carbonyl (C=O) groups is 1. The zero-order chi connectivity index (χ0) is 17.4. The summed E-state index contributed by atoms with van der Waals surface area (Å²) in [7, 11) is 0. The molecule has 4 rings (SSSR count). The summed E-state index contributed by atoms with van der Waals surface area (Å²) in [6.45, 7) is 1.89. The lowest BCUT2D eigenvalue weighted by Gasteiger charge is -2.04. The summed E-state index contributed by atoms with van der Waals surface area (Å²) in [4.78, 5) is 17.2. The molecule has 1 aliphatic heterocycles. The number of hydrogen-bond donors (Lipinski definition) is 0. The normalized spacial score (nSPS) is 12.2. The van der Waals surface area contributed by atoms with E-state index in [-0.39, 0.29) is 12.6 Å². The number of aromatic nitrogens is 1. The number of carbonyl (C=O) groups excluding carboxylic acids is 1. The van der Waals surface area contributed by atoms with Crippen LogP contribution in [0.2, 0.25) is 0 Å². The van der Waals surface area contributed by atoms with Crippen LogP contribution in [0.15, 0.2) is 42.5 Å². The fourth-order valence-electron chi connectivity index (χ4n) is 2.40. The van der Waals surface area contributed by atoms with Crippen LogP contribution in [0.3, 0.4) is 0 Å². The molecule has 25 heavy (non-hydrogen) atoms. The molecule has 0 fully saturated rings. The highest BCUT2D eigenvalue weighted by atomic mass is 32.1. The Labute approximate surface area is 146 Å². The number of nitrogens with zero attached hydrogens (tertiary/aromatic N) is 1. The summed E-state index contributed by atoms with van der Waals surface area (Å²) in [5.74, 6) is 0.706. The molecule has 0 unspecified atom stereocenters. The second-order valence-electron chi connectivity index (χ2n) is 5.35. The Hall–Kier alpha value is -2.93. The second-order valence-corrected chi connectivity index (χ2v) is 6.34. The second kappa shape index (κ2) is 6.18. The number of hydrogen-bond acceptors (Lipinski definition) is 6. The average molecular weight is 357 g/mol. The third-order valence-electron chi connectivity index (χ3n) is 3.63. The number of fused-ring (bicyclic) bond motifs is 1. The van der Waals surface area contributed by atoms with Gasteiger partial charge in [-0.1, -0.05) is 0 Å². The smallest absolute Gasteiger partial charge is 0.355 e. The minimum absolute atomic E-state index is 0.154. The molecule has 0 radical (unpaired) electrons. The lowest BCUT2D eigenvalue weighted by molar-refractivity contribution is 0.0738. The van der Waals surface area contributed by atoms with E-state index in [9.17, 15) is 9.18 Å². The Bertz CT molecular complexity index is 952. The SMILES string of the molecule is Cc1nc(-c2ccc(F)cc2)sc1C(=O)Oc1ccc2c(c1)OCO2. The minimum atomic E-state index is -0.498. The number of rotatable bonds is 3. The van der Waals surface area contributed by atoms with Gasteiger partial charge < -0.3 is 14.2 Å².